The number of halogens is 3. The van der Waals surface area contributed by atoms with E-state index in [0.717, 1.165) is 12.1 Å². The van der Waals surface area contributed by atoms with Gasteiger partial charge < -0.3 is 11.1 Å². The van der Waals surface area contributed by atoms with E-state index in [1.54, 1.807) is 18.2 Å². The van der Waals surface area contributed by atoms with Gasteiger partial charge in [0.1, 0.15) is 18.0 Å². The van der Waals surface area contributed by atoms with Crippen LogP contribution < -0.4 is 11.1 Å². The normalized spacial score (nSPS) is 10.8. The van der Waals surface area contributed by atoms with Gasteiger partial charge in [-0.2, -0.15) is 0 Å². The van der Waals surface area contributed by atoms with E-state index in [-0.39, 0.29) is 10.7 Å². The van der Waals surface area contributed by atoms with Gasteiger partial charge in [-0.15, -0.1) is 0 Å². The highest BCUT2D eigenvalue weighted by Gasteiger charge is 2.12. The lowest BCUT2D eigenvalue weighted by molar-refractivity contribution is 0.586. The van der Waals surface area contributed by atoms with Crippen molar-refractivity contribution in [3.8, 4) is 0 Å². The van der Waals surface area contributed by atoms with Gasteiger partial charge >= 0.3 is 0 Å². The van der Waals surface area contributed by atoms with Crippen LogP contribution in [-0.4, -0.2) is 9.97 Å². The van der Waals surface area contributed by atoms with E-state index in [4.69, 9.17) is 17.3 Å². The molecule has 2 aromatic carbocycles. The summed E-state index contributed by atoms with van der Waals surface area (Å²) in [6.07, 6.45) is 1.32. The number of fused-ring (bicyclic) bond motifs is 1. The van der Waals surface area contributed by atoms with E-state index in [0.29, 0.717) is 22.4 Å². The SMILES string of the molecule is Nc1ccc2c(Nc3c(F)cc(F)cc3Cl)ncnc2c1. The number of hydrogen-bond donors (Lipinski definition) is 2. The average molecular weight is 307 g/mol. The average Bonchev–Trinajstić information content (AvgIpc) is 2.42. The minimum atomic E-state index is -0.804. The zero-order valence-electron chi connectivity index (χ0n) is 10.6. The second kappa shape index (κ2) is 5.14. The molecule has 3 rings (SSSR count). The number of hydrogen-bond acceptors (Lipinski definition) is 4. The molecule has 3 aromatic rings. The second-order valence-corrected chi connectivity index (χ2v) is 4.78. The molecule has 0 aliphatic carbocycles. The van der Waals surface area contributed by atoms with Crippen LogP contribution in [0.2, 0.25) is 5.02 Å². The molecule has 0 spiro atoms. The minimum absolute atomic E-state index is 0.0464. The third-order valence-corrected chi connectivity index (χ3v) is 3.21. The van der Waals surface area contributed by atoms with Gasteiger partial charge in [-0.25, -0.2) is 18.7 Å². The number of nitrogens with two attached hydrogens (primary N) is 1. The van der Waals surface area contributed by atoms with E-state index < -0.39 is 11.6 Å². The number of aromatic nitrogens is 2. The van der Waals surface area contributed by atoms with Crippen molar-refractivity contribution in [3.05, 3.63) is 53.3 Å². The predicted molar refractivity (Wildman–Crippen MR) is 78.6 cm³/mol. The van der Waals surface area contributed by atoms with Crippen LogP contribution in [0.1, 0.15) is 0 Å². The molecule has 3 N–H and O–H groups in total. The molecule has 1 heterocycles. The number of benzene rings is 2. The van der Waals surface area contributed by atoms with Crippen LogP contribution in [0.3, 0.4) is 0 Å². The van der Waals surface area contributed by atoms with Gasteiger partial charge in [0, 0.05) is 17.1 Å². The van der Waals surface area contributed by atoms with Crippen LogP contribution in [0.25, 0.3) is 10.9 Å². The van der Waals surface area contributed by atoms with E-state index in [9.17, 15) is 8.78 Å². The Kier molecular flexibility index (Phi) is 3.31. The molecule has 21 heavy (non-hydrogen) atoms. The van der Waals surface area contributed by atoms with Crippen molar-refractivity contribution in [2.75, 3.05) is 11.1 Å². The number of rotatable bonds is 2. The zero-order valence-corrected chi connectivity index (χ0v) is 11.3. The van der Waals surface area contributed by atoms with Crippen LogP contribution in [-0.2, 0) is 0 Å². The van der Waals surface area contributed by atoms with Crippen molar-refractivity contribution in [3.63, 3.8) is 0 Å². The zero-order chi connectivity index (χ0) is 15.0. The van der Waals surface area contributed by atoms with E-state index in [1.807, 2.05) is 0 Å². The molecule has 0 unspecified atom stereocenters. The Morgan fingerprint density at radius 1 is 1.10 bits per heavy atom. The standard InChI is InChI=1S/C14H9ClF2N4/c15-10-3-7(16)4-11(17)13(10)21-14-9-2-1-8(18)5-12(9)19-6-20-14/h1-6H,18H2,(H,19,20,21). The van der Waals surface area contributed by atoms with Crippen LogP contribution in [0.15, 0.2) is 36.7 Å². The Hall–Kier alpha value is -2.47. The Balaban J connectivity index is 2.11. The molecule has 1 aromatic heterocycles. The highest BCUT2D eigenvalue weighted by Crippen LogP contribution is 2.31. The van der Waals surface area contributed by atoms with Gasteiger partial charge in [-0.3, -0.25) is 0 Å². The summed E-state index contributed by atoms with van der Waals surface area (Å²) in [5.41, 5.74) is 6.80. The molecule has 0 fully saturated rings. The van der Waals surface area contributed by atoms with Crippen LogP contribution in [0, 0.1) is 11.6 Å². The van der Waals surface area contributed by atoms with E-state index >= 15 is 0 Å². The lowest BCUT2D eigenvalue weighted by Gasteiger charge is -2.11. The van der Waals surface area contributed by atoms with Crippen molar-refractivity contribution in [1.29, 1.82) is 0 Å². The molecule has 4 nitrogen and oxygen atoms in total. The third kappa shape index (κ3) is 2.57. The van der Waals surface area contributed by atoms with Crippen molar-refractivity contribution in [1.82, 2.24) is 9.97 Å². The van der Waals surface area contributed by atoms with Gasteiger partial charge in [0.15, 0.2) is 5.82 Å². The number of nitrogens with zero attached hydrogens (tertiary/aromatic N) is 2. The molecule has 0 saturated heterocycles. The maximum absolute atomic E-state index is 13.8. The van der Waals surface area contributed by atoms with Crippen molar-refractivity contribution >= 4 is 39.7 Å². The van der Waals surface area contributed by atoms with Crippen molar-refractivity contribution < 1.29 is 8.78 Å². The first-order chi connectivity index (χ1) is 10.0. The maximum Gasteiger partial charge on any atom is 0.151 e. The molecule has 0 atom stereocenters. The Morgan fingerprint density at radius 3 is 2.67 bits per heavy atom. The largest absolute Gasteiger partial charge is 0.399 e. The fourth-order valence-electron chi connectivity index (χ4n) is 1.95. The van der Waals surface area contributed by atoms with Gasteiger partial charge in [0.05, 0.1) is 16.2 Å². The smallest absolute Gasteiger partial charge is 0.151 e. The molecule has 0 aliphatic heterocycles. The Labute approximate surface area is 123 Å². The van der Waals surface area contributed by atoms with E-state index in [1.165, 1.54) is 6.33 Å². The summed E-state index contributed by atoms with van der Waals surface area (Å²) < 4.78 is 26.9. The van der Waals surface area contributed by atoms with Gasteiger partial charge in [-0.05, 0) is 24.3 Å². The van der Waals surface area contributed by atoms with Crippen molar-refractivity contribution in [2.45, 2.75) is 0 Å². The first-order valence-corrected chi connectivity index (χ1v) is 6.34. The molecular formula is C14H9ClF2N4. The number of nitrogens with one attached hydrogen (secondary N) is 1. The predicted octanol–water partition coefficient (Wildman–Crippen LogP) is 3.89. The molecule has 0 saturated carbocycles. The molecule has 0 aliphatic rings. The van der Waals surface area contributed by atoms with Gasteiger partial charge in [-0.1, -0.05) is 11.6 Å². The Morgan fingerprint density at radius 2 is 1.90 bits per heavy atom. The summed E-state index contributed by atoms with van der Waals surface area (Å²) >= 11 is 5.86. The number of nitrogen functional groups attached to an aromatic ring is 1. The fraction of sp³-hybridized carbons (Fsp3) is 0. The molecule has 106 valence electrons. The highest BCUT2D eigenvalue weighted by molar-refractivity contribution is 6.33. The summed E-state index contributed by atoms with van der Waals surface area (Å²) in [5.74, 6) is -1.20. The van der Waals surface area contributed by atoms with Gasteiger partial charge in [0.25, 0.3) is 0 Å². The third-order valence-electron chi connectivity index (χ3n) is 2.91. The first-order valence-electron chi connectivity index (χ1n) is 5.96. The molecule has 0 radical (unpaired) electrons. The van der Waals surface area contributed by atoms with Crippen molar-refractivity contribution in [2.24, 2.45) is 0 Å². The molecule has 0 bridgehead atoms. The van der Waals surface area contributed by atoms with Gasteiger partial charge in [0.2, 0.25) is 0 Å². The lowest BCUT2D eigenvalue weighted by Crippen LogP contribution is -2.00. The second-order valence-electron chi connectivity index (χ2n) is 4.37. The number of anilines is 3. The maximum atomic E-state index is 13.8. The topological polar surface area (TPSA) is 63.8 Å². The summed E-state index contributed by atoms with van der Waals surface area (Å²) in [6.45, 7) is 0. The Bertz CT molecular complexity index is 815. The molecule has 0 amide bonds. The van der Waals surface area contributed by atoms with Crippen LogP contribution in [0.4, 0.5) is 26.0 Å². The fourth-order valence-corrected chi connectivity index (χ4v) is 2.20. The quantitative estimate of drug-likeness (QED) is 0.705. The lowest BCUT2D eigenvalue weighted by atomic mass is 10.2. The monoisotopic (exact) mass is 306 g/mol. The highest BCUT2D eigenvalue weighted by atomic mass is 35.5. The molecular weight excluding hydrogens is 298 g/mol. The summed E-state index contributed by atoms with van der Waals surface area (Å²) in [6, 6.07) is 6.83. The van der Waals surface area contributed by atoms with Crippen LogP contribution in [0.5, 0.6) is 0 Å². The summed E-state index contributed by atoms with van der Waals surface area (Å²) in [5, 5.41) is 3.34. The summed E-state index contributed by atoms with van der Waals surface area (Å²) in [4.78, 5) is 8.14. The summed E-state index contributed by atoms with van der Waals surface area (Å²) in [7, 11) is 0. The minimum Gasteiger partial charge on any atom is -0.399 e. The van der Waals surface area contributed by atoms with E-state index in [2.05, 4.69) is 15.3 Å². The molecule has 7 heteroatoms. The van der Waals surface area contributed by atoms with Crippen LogP contribution >= 0.6 is 11.6 Å². The first kappa shape index (κ1) is 13.5.